The molecule has 0 fully saturated rings. The predicted octanol–water partition coefficient (Wildman–Crippen LogP) is 2.07. The highest BCUT2D eigenvalue weighted by atomic mass is 16.5. The van der Waals surface area contributed by atoms with Crippen LogP contribution in [0.3, 0.4) is 0 Å². The molecule has 0 spiro atoms. The van der Waals surface area contributed by atoms with Crippen LogP contribution in [0.2, 0.25) is 0 Å². The minimum atomic E-state index is -0.776. The van der Waals surface area contributed by atoms with Crippen LogP contribution in [-0.2, 0) is 11.3 Å². The van der Waals surface area contributed by atoms with Crippen molar-refractivity contribution in [3.8, 4) is 0 Å². The van der Waals surface area contributed by atoms with Gasteiger partial charge in [-0.2, -0.15) is 0 Å². The first-order valence-electron chi connectivity index (χ1n) is 7.29. The van der Waals surface area contributed by atoms with Crippen molar-refractivity contribution in [3.05, 3.63) is 35.9 Å². The molecule has 0 unspecified atom stereocenters. The lowest BCUT2D eigenvalue weighted by Gasteiger charge is -2.25. The molecule has 1 amide bonds. The molecule has 0 aromatic heterocycles. The fraction of sp³-hybridized carbons (Fsp3) is 0.562. The normalized spacial score (nSPS) is 13.8. The molecule has 0 aliphatic carbocycles. The van der Waals surface area contributed by atoms with E-state index < -0.39 is 18.2 Å². The van der Waals surface area contributed by atoms with Gasteiger partial charge in [-0.25, -0.2) is 4.79 Å². The summed E-state index contributed by atoms with van der Waals surface area (Å²) >= 11 is 0. The molecule has 5 nitrogen and oxygen atoms in total. The van der Waals surface area contributed by atoms with E-state index in [0.717, 1.165) is 5.56 Å². The highest BCUT2D eigenvalue weighted by Crippen LogP contribution is 2.11. The van der Waals surface area contributed by atoms with Crippen molar-refractivity contribution < 1.29 is 19.7 Å². The van der Waals surface area contributed by atoms with Gasteiger partial charge in [0.15, 0.2) is 0 Å². The first-order chi connectivity index (χ1) is 10.0. The second-order valence-electron chi connectivity index (χ2n) is 5.52. The number of hydrogen-bond donors (Lipinski definition) is 3. The van der Waals surface area contributed by atoms with Crippen LogP contribution in [0.15, 0.2) is 30.3 Å². The Kier molecular flexibility index (Phi) is 7.79. The topological polar surface area (TPSA) is 78.8 Å². The molecule has 0 saturated heterocycles. The zero-order valence-electron chi connectivity index (χ0n) is 12.7. The molecule has 21 heavy (non-hydrogen) atoms. The lowest BCUT2D eigenvalue weighted by Crippen LogP contribution is -2.44. The number of carbonyl (C=O) groups is 1. The number of carbonyl (C=O) groups excluding carboxylic acids is 1. The summed E-state index contributed by atoms with van der Waals surface area (Å²) in [6.07, 6.45) is -0.471. The van der Waals surface area contributed by atoms with Gasteiger partial charge in [-0.15, -0.1) is 0 Å². The van der Waals surface area contributed by atoms with E-state index in [2.05, 4.69) is 5.32 Å². The third-order valence-electron chi connectivity index (χ3n) is 3.13. The Balaban J connectivity index is 2.47. The zero-order valence-corrected chi connectivity index (χ0v) is 12.7. The number of ether oxygens (including phenoxy) is 1. The summed E-state index contributed by atoms with van der Waals surface area (Å²) in [5.74, 6) is 0.317. The number of amides is 1. The van der Waals surface area contributed by atoms with Crippen LogP contribution >= 0.6 is 0 Å². The molecule has 0 saturated carbocycles. The van der Waals surface area contributed by atoms with Crippen LogP contribution in [0, 0.1) is 5.92 Å². The molecular weight excluding hydrogens is 270 g/mol. The smallest absolute Gasteiger partial charge is 0.407 e. The predicted molar refractivity (Wildman–Crippen MR) is 80.7 cm³/mol. The second kappa shape index (κ2) is 9.37. The van der Waals surface area contributed by atoms with Crippen molar-refractivity contribution >= 4 is 6.09 Å². The van der Waals surface area contributed by atoms with Crippen molar-refractivity contribution in [2.75, 3.05) is 6.61 Å². The number of nitrogens with one attached hydrogen (secondary N) is 1. The first-order valence-corrected chi connectivity index (χ1v) is 7.29. The van der Waals surface area contributed by atoms with Crippen molar-refractivity contribution in [1.82, 2.24) is 5.32 Å². The van der Waals surface area contributed by atoms with Gasteiger partial charge < -0.3 is 20.3 Å². The summed E-state index contributed by atoms with van der Waals surface area (Å²) in [7, 11) is 0. The molecule has 3 N–H and O–H groups in total. The third-order valence-corrected chi connectivity index (χ3v) is 3.13. The summed E-state index contributed by atoms with van der Waals surface area (Å²) < 4.78 is 5.14. The maximum absolute atomic E-state index is 11.8. The Morgan fingerprint density at radius 2 is 1.95 bits per heavy atom. The quantitative estimate of drug-likeness (QED) is 0.686. The van der Waals surface area contributed by atoms with E-state index in [4.69, 9.17) is 9.84 Å². The van der Waals surface area contributed by atoms with E-state index in [9.17, 15) is 9.90 Å². The Morgan fingerprint density at radius 1 is 1.29 bits per heavy atom. The number of benzene rings is 1. The van der Waals surface area contributed by atoms with Gasteiger partial charge in [0.2, 0.25) is 0 Å². The highest BCUT2D eigenvalue weighted by Gasteiger charge is 2.22. The fourth-order valence-corrected chi connectivity index (χ4v) is 2.07. The molecule has 0 heterocycles. The van der Waals surface area contributed by atoms with Gasteiger partial charge >= 0.3 is 6.09 Å². The lowest BCUT2D eigenvalue weighted by molar-refractivity contribution is 0.0762. The maximum Gasteiger partial charge on any atom is 0.407 e. The summed E-state index contributed by atoms with van der Waals surface area (Å²) in [4.78, 5) is 11.8. The van der Waals surface area contributed by atoms with E-state index in [0.29, 0.717) is 12.3 Å². The third kappa shape index (κ3) is 7.11. The van der Waals surface area contributed by atoms with E-state index in [1.165, 1.54) is 0 Å². The summed E-state index contributed by atoms with van der Waals surface area (Å²) in [5.41, 5.74) is 0.906. The van der Waals surface area contributed by atoms with Crippen LogP contribution in [0.25, 0.3) is 0 Å². The minimum Gasteiger partial charge on any atom is -0.445 e. The van der Waals surface area contributed by atoms with E-state index in [1.54, 1.807) is 0 Å². The number of aliphatic hydroxyl groups is 2. The van der Waals surface area contributed by atoms with Gasteiger partial charge in [0, 0.05) is 6.61 Å². The van der Waals surface area contributed by atoms with Gasteiger partial charge in [-0.05, 0) is 24.3 Å². The fourth-order valence-electron chi connectivity index (χ4n) is 2.07. The van der Waals surface area contributed by atoms with Crippen molar-refractivity contribution in [3.63, 3.8) is 0 Å². The molecule has 1 aromatic carbocycles. The van der Waals surface area contributed by atoms with Crippen LogP contribution in [0.5, 0.6) is 0 Å². The maximum atomic E-state index is 11.8. The molecule has 118 valence electrons. The molecule has 0 bridgehead atoms. The average molecular weight is 295 g/mol. The van der Waals surface area contributed by atoms with Gasteiger partial charge in [0.1, 0.15) is 6.61 Å². The number of alkyl carbamates (subject to hydrolysis) is 1. The Labute approximate surface area is 125 Å². The monoisotopic (exact) mass is 295 g/mol. The van der Waals surface area contributed by atoms with Crippen LogP contribution in [-0.4, -0.2) is 35.1 Å². The Hall–Kier alpha value is -1.59. The van der Waals surface area contributed by atoms with Gasteiger partial charge in [-0.1, -0.05) is 44.2 Å². The van der Waals surface area contributed by atoms with Crippen LogP contribution in [0.4, 0.5) is 4.79 Å². The SMILES string of the molecule is CC(C)C[C@H](NC(=O)OCc1ccccc1)[C@@H](O)CCO. The van der Waals surface area contributed by atoms with Crippen LogP contribution in [0.1, 0.15) is 32.3 Å². The molecule has 1 rings (SSSR count). The lowest BCUT2D eigenvalue weighted by atomic mass is 9.98. The van der Waals surface area contributed by atoms with E-state index >= 15 is 0 Å². The summed E-state index contributed by atoms with van der Waals surface area (Å²) in [5, 5.41) is 21.5. The van der Waals surface area contributed by atoms with E-state index in [-0.39, 0.29) is 19.6 Å². The average Bonchev–Trinajstić information content (AvgIpc) is 2.45. The summed E-state index contributed by atoms with van der Waals surface area (Å²) in [6.45, 7) is 4.10. The second-order valence-corrected chi connectivity index (χ2v) is 5.52. The minimum absolute atomic E-state index is 0.115. The Morgan fingerprint density at radius 3 is 2.52 bits per heavy atom. The molecule has 1 aromatic rings. The van der Waals surface area contributed by atoms with Gasteiger partial charge in [0.25, 0.3) is 0 Å². The molecular formula is C16H25NO4. The molecule has 0 aliphatic rings. The van der Waals surface area contributed by atoms with Crippen molar-refractivity contribution in [2.24, 2.45) is 5.92 Å². The number of rotatable bonds is 8. The van der Waals surface area contributed by atoms with Crippen molar-refractivity contribution in [2.45, 2.75) is 45.4 Å². The van der Waals surface area contributed by atoms with Crippen molar-refractivity contribution in [1.29, 1.82) is 0 Å². The molecule has 5 heteroatoms. The number of aliphatic hydroxyl groups excluding tert-OH is 2. The first kappa shape index (κ1) is 17.5. The Bertz CT molecular complexity index is 408. The van der Waals surface area contributed by atoms with Gasteiger partial charge in [0.05, 0.1) is 12.1 Å². The standard InChI is InChI=1S/C16H25NO4/c1-12(2)10-14(15(19)8-9-18)17-16(20)21-11-13-6-4-3-5-7-13/h3-7,12,14-15,18-19H,8-11H2,1-2H3,(H,17,20)/t14-,15-/m0/s1. The molecule has 0 radical (unpaired) electrons. The number of hydrogen-bond acceptors (Lipinski definition) is 4. The molecule has 2 atom stereocenters. The van der Waals surface area contributed by atoms with E-state index in [1.807, 2.05) is 44.2 Å². The summed E-state index contributed by atoms with van der Waals surface area (Å²) in [6, 6.07) is 8.99. The highest BCUT2D eigenvalue weighted by molar-refractivity contribution is 5.67. The van der Waals surface area contributed by atoms with Gasteiger partial charge in [-0.3, -0.25) is 0 Å². The van der Waals surface area contributed by atoms with Crippen LogP contribution < -0.4 is 5.32 Å². The zero-order chi connectivity index (χ0) is 15.7. The largest absolute Gasteiger partial charge is 0.445 e. The molecule has 0 aliphatic heterocycles.